The number of halogens is 2. The molecule has 3 heterocycles. The van der Waals surface area contributed by atoms with Gasteiger partial charge in [0.25, 0.3) is 6.43 Å². The lowest BCUT2D eigenvalue weighted by molar-refractivity contribution is -0.170. The Labute approximate surface area is 174 Å². The van der Waals surface area contributed by atoms with Gasteiger partial charge in [-0.15, -0.1) is 0 Å². The minimum atomic E-state index is -3.37. The second-order valence-electron chi connectivity index (χ2n) is 6.88. The fourth-order valence-electron chi connectivity index (χ4n) is 3.24. The van der Waals surface area contributed by atoms with Crippen LogP contribution in [-0.2, 0) is 32.2 Å². The molecule has 1 aromatic carbocycles. The standard InChI is InChI=1S/C17H18F2N3O6PS/c18-15(19)17(7-11(23)14(27-17)22-6-5-13(20)21-16(22)24)9-26-29(30)25-8-10-3-1-2-4-12(10)28-29/h1-6,11,14-15,23H,7-9H2,(H2,20,21,24)/t11-,14-,17+,29?/m1/s1. The third-order valence-electron chi connectivity index (χ3n) is 4.79. The van der Waals surface area contributed by atoms with Crippen molar-refractivity contribution in [2.24, 2.45) is 0 Å². The first-order valence-corrected chi connectivity index (χ1v) is 11.4. The van der Waals surface area contributed by atoms with Gasteiger partial charge in [0.2, 0.25) is 0 Å². The van der Waals surface area contributed by atoms with Crippen LogP contribution in [-0.4, -0.2) is 39.4 Å². The average Bonchev–Trinajstić information content (AvgIpc) is 3.04. The number of aliphatic hydroxyl groups is 1. The molecule has 4 atom stereocenters. The molecule has 0 radical (unpaired) electrons. The molecule has 9 nitrogen and oxygen atoms in total. The van der Waals surface area contributed by atoms with Gasteiger partial charge in [0.05, 0.1) is 13.2 Å². The van der Waals surface area contributed by atoms with Crippen LogP contribution in [0.3, 0.4) is 0 Å². The van der Waals surface area contributed by atoms with E-state index in [0.29, 0.717) is 5.75 Å². The van der Waals surface area contributed by atoms with Crippen molar-refractivity contribution in [3.8, 4) is 5.75 Å². The molecule has 0 saturated carbocycles. The largest absolute Gasteiger partial charge is 0.424 e. The van der Waals surface area contributed by atoms with Crippen molar-refractivity contribution in [3.05, 3.63) is 52.6 Å². The number of hydrogen-bond acceptors (Lipinski definition) is 9. The lowest BCUT2D eigenvalue weighted by atomic mass is 10.0. The third kappa shape index (κ3) is 3.98. The fraction of sp³-hybridized carbons (Fsp3) is 0.412. The molecule has 0 spiro atoms. The number of para-hydroxylation sites is 1. The summed E-state index contributed by atoms with van der Waals surface area (Å²) in [4.78, 5) is 15.6. The second kappa shape index (κ2) is 7.95. The Balaban J connectivity index is 1.53. The molecular formula is C17H18F2N3O6PS. The summed E-state index contributed by atoms with van der Waals surface area (Å²) in [5.41, 5.74) is 3.13. The first kappa shape index (κ1) is 21.3. The Morgan fingerprint density at radius 2 is 2.20 bits per heavy atom. The average molecular weight is 461 g/mol. The monoisotopic (exact) mass is 461 g/mol. The first-order valence-electron chi connectivity index (χ1n) is 8.87. The molecule has 1 aromatic heterocycles. The van der Waals surface area contributed by atoms with Gasteiger partial charge < -0.3 is 20.1 Å². The van der Waals surface area contributed by atoms with Gasteiger partial charge >= 0.3 is 12.4 Å². The maximum absolute atomic E-state index is 14.0. The number of ether oxygens (including phenoxy) is 1. The predicted molar refractivity (Wildman–Crippen MR) is 104 cm³/mol. The van der Waals surface area contributed by atoms with E-state index in [1.165, 1.54) is 12.3 Å². The smallest absolute Gasteiger partial charge is 0.381 e. The molecule has 0 amide bonds. The van der Waals surface area contributed by atoms with Gasteiger partial charge in [0.15, 0.2) is 11.8 Å². The summed E-state index contributed by atoms with van der Waals surface area (Å²) in [6, 6.07) is 8.30. The van der Waals surface area contributed by atoms with E-state index in [2.05, 4.69) is 4.98 Å². The van der Waals surface area contributed by atoms with Crippen LogP contribution in [0, 0.1) is 0 Å². The highest BCUT2D eigenvalue weighted by atomic mass is 32.5. The van der Waals surface area contributed by atoms with E-state index >= 15 is 0 Å². The zero-order chi connectivity index (χ0) is 21.5. The molecule has 13 heteroatoms. The van der Waals surface area contributed by atoms with Gasteiger partial charge in [-0.05, 0) is 12.1 Å². The highest BCUT2D eigenvalue weighted by Gasteiger charge is 2.54. The molecule has 1 saturated heterocycles. The number of aliphatic hydroxyl groups excluding tert-OH is 1. The van der Waals surface area contributed by atoms with Crippen molar-refractivity contribution < 1.29 is 32.2 Å². The second-order valence-corrected chi connectivity index (χ2v) is 9.82. The number of nitrogens with two attached hydrogens (primary N) is 1. The summed E-state index contributed by atoms with van der Waals surface area (Å²) in [7, 11) is 0. The lowest BCUT2D eigenvalue weighted by Gasteiger charge is -2.33. The van der Waals surface area contributed by atoms with E-state index in [0.717, 1.165) is 10.1 Å². The van der Waals surface area contributed by atoms with Gasteiger partial charge in [-0.1, -0.05) is 18.2 Å². The summed E-state index contributed by atoms with van der Waals surface area (Å²) in [5.74, 6) is 0.417. The molecule has 4 rings (SSSR count). The molecule has 3 N–H and O–H groups in total. The minimum absolute atomic E-state index is 0.0445. The van der Waals surface area contributed by atoms with Crippen molar-refractivity contribution >= 4 is 24.3 Å². The maximum atomic E-state index is 14.0. The quantitative estimate of drug-likeness (QED) is 0.644. The number of nitrogens with zero attached hydrogens (tertiary/aromatic N) is 2. The summed E-state index contributed by atoms with van der Waals surface area (Å²) >= 11 is 5.29. The number of benzene rings is 1. The molecule has 2 aliphatic rings. The molecule has 2 aromatic rings. The van der Waals surface area contributed by atoms with E-state index in [-0.39, 0.29) is 12.4 Å². The highest BCUT2D eigenvalue weighted by molar-refractivity contribution is 8.07. The zero-order valence-electron chi connectivity index (χ0n) is 15.4. The molecule has 162 valence electrons. The molecular weight excluding hydrogens is 443 g/mol. The van der Waals surface area contributed by atoms with Crippen molar-refractivity contribution in [2.75, 3.05) is 12.3 Å². The summed E-state index contributed by atoms with van der Waals surface area (Å²) < 4.78 is 50.9. The van der Waals surface area contributed by atoms with E-state index in [4.69, 9.17) is 35.8 Å². The summed E-state index contributed by atoms with van der Waals surface area (Å²) in [6.45, 7) is -3.95. The Morgan fingerprint density at radius 1 is 1.43 bits per heavy atom. The number of aromatic nitrogens is 2. The Hall–Kier alpha value is -1.95. The number of fused-ring (bicyclic) bond motifs is 1. The molecule has 30 heavy (non-hydrogen) atoms. The molecule has 0 aliphatic carbocycles. The maximum Gasteiger partial charge on any atom is 0.381 e. The van der Waals surface area contributed by atoms with Crippen molar-refractivity contribution in [3.63, 3.8) is 0 Å². The molecule has 1 fully saturated rings. The molecule has 1 unspecified atom stereocenters. The zero-order valence-corrected chi connectivity index (χ0v) is 17.1. The summed E-state index contributed by atoms with van der Waals surface area (Å²) in [5, 5.41) is 10.3. The molecule has 0 bridgehead atoms. The number of nitrogen functional groups attached to an aromatic ring is 1. The topological polar surface area (TPSA) is 118 Å². The number of anilines is 1. The van der Waals surface area contributed by atoms with Crippen LogP contribution in [0.25, 0.3) is 0 Å². The Morgan fingerprint density at radius 3 is 2.93 bits per heavy atom. The van der Waals surface area contributed by atoms with Crippen molar-refractivity contribution in [1.82, 2.24) is 9.55 Å². The fourth-order valence-corrected chi connectivity index (χ4v) is 5.07. The summed E-state index contributed by atoms with van der Waals surface area (Å²) in [6.07, 6.45) is -5.14. The van der Waals surface area contributed by atoms with Crippen LogP contribution in [0.2, 0.25) is 0 Å². The van der Waals surface area contributed by atoms with E-state index < -0.39 is 49.8 Å². The minimum Gasteiger partial charge on any atom is -0.424 e. The van der Waals surface area contributed by atoms with Crippen molar-refractivity contribution in [2.45, 2.75) is 37.4 Å². The van der Waals surface area contributed by atoms with Crippen LogP contribution in [0.4, 0.5) is 14.6 Å². The van der Waals surface area contributed by atoms with Gasteiger partial charge in [-0.3, -0.25) is 13.6 Å². The van der Waals surface area contributed by atoms with Crippen LogP contribution < -0.4 is 15.9 Å². The Kier molecular flexibility index (Phi) is 5.64. The van der Waals surface area contributed by atoms with Crippen molar-refractivity contribution in [1.29, 1.82) is 0 Å². The van der Waals surface area contributed by atoms with E-state index in [1.807, 2.05) is 0 Å². The predicted octanol–water partition coefficient (Wildman–Crippen LogP) is 1.96. The van der Waals surface area contributed by atoms with Crippen LogP contribution >= 0.6 is 6.72 Å². The number of hydrogen-bond donors (Lipinski definition) is 2. The van der Waals surface area contributed by atoms with Gasteiger partial charge in [0.1, 0.15) is 17.7 Å². The number of rotatable bonds is 5. The first-order chi connectivity index (χ1) is 14.2. The van der Waals surface area contributed by atoms with Gasteiger partial charge in [-0.2, -0.15) is 4.98 Å². The van der Waals surface area contributed by atoms with Crippen LogP contribution in [0.15, 0.2) is 41.3 Å². The SMILES string of the molecule is Nc1ccn([C@@H]2O[C@@](COP3(=S)OCc4ccccc4O3)(C(F)F)C[C@H]2O)c(=O)n1. The van der Waals surface area contributed by atoms with E-state index in [1.54, 1.807) is 24.3 Å². The van der Waals surface area contributed by atoms with E-state index in [9.17, 15) is 18.7 Å². The third-order valence-corrected chi connectivity index (χ3v) is 6.96. The lowest BCUT2D eigenvalue weighted by Crippen LogP contribution is -2.42. The molecule has 2 aliphatic heterocycles. The van der Waals surface area contributed by atoms with Gasteiger partial charge in [0, 0.05) is 30.0 Å². The highest BCUT2D eigenvalue weighted by Crippen LogP contribution is 2.56. The van der Waals surface area contributed by atoms with Gasteiger partial charge in [-0.25, -0.2) is 13.6 Å². The normalized spacial score (nSPS) is 30.8. The van der Waals surface area contributed by atoms with Crippen LogP contribution in [0.1, 0.15) is 18.2 Å². The van der Waals surface area contributed by atoms with Crippen LogP contribution in [0.5, 0.6) is 5.75 Å². The Bertz CT molecular complexity index is 1060. The number of alkyl halides is 2.